The number of ether oxygens (including phenoxy) is 1. The first kappa shape index (κ1) is 22.1. The van der Waals surface area contributed by atoms with Crippen molar-refractivity contribution >= 4 is 57.8 Å². The molecule has 0 aromatic heterocycles. The van der Waals surface area contributed by atoms with Crippen molar-refractivity contribution < 1.29 is 14.3 Å². The normalized spacial score (nSPS) is 14.7. The number of amides is 2. The van der Waals surface area contributed by atoms with E-state index in [2.05, 4.69) is 5.43 Å². The van der Waals surface area contributed by atoms with Gasteiger partial charge in [0.05, 0.1) is 4.91 Å². The minimum Gasteiger partial charge on any atom is -0.489 e. The van der Waals surface area contributed by atoms with Crippen molar-refractivity contribution in [3.8, 4) is 5.75 Å². The average Bonchev–Trinajstić information content (AvgIpc) is 3.06. The maximum absolute atomic E-state index is 12.8. The molecule has 3 aromatic carbocycles. The molecule has 0 bridgehead atoms. The molecule has 0 atom stereocenters. The van der Waals surface area contributed by atoms with Crippen molar-refractivity contribution in [1.82, 2.24) is 10.4 Å². The lowest BCUT2D eigenvalue weighted by Gasteiger charge is -2.15. The summed E-state index contributed by atoms with van der Waals surface area (Å²) >= 11 is 12.3. The van der Waals surface area contributed by atoms with E-state index in [0.29, 0.717) is 22.1 Å². The molecule has 0 aliphatic carbocycles. The Morgan fingerprint density at radius 3 is 2.53 bits per heavy atom. The molecule has 1 N–H and O–H groups in total. The van der Waals surface area contributed by atoms with Gasteiger partial charge in [0.1, 0.15) is 12.4 Å². The first-order chi connectivity index (χ1) is 15.5. The van der Waals surface area contributed by atoms with Crippen LogP contribution in [-0.2, 0) is 11.4 Å². The van der Waals surface area contributed by atoms with Gasteiger partial charge >= 0.3 is 0 Å². The van der Waals surface area contributed by atoms with Gasteiger partial charge in [-0.3, -0.25) is 15.0 Å². The second-order valence-corrected chi connectivity index (χ2v) is 8.92. The fourth-order valence-electron chi connectivity index (χ4n) is 2.91. The van der Waals surface area contributed by atoms with Crippen LogP contribution >= 0.6 is 35.6 Å². The molecule has 8 heteroatoms. The van der Waals surface area contributed by atoms with Gasteiger partial charge in [-0.25, -0.2) is 0 Å². The van der Waals surface area contributed by atoms with E-state index in [1.807, 2.05) is 54.6 Å². The highest BCUT2D eigenvalue weighted by molar-refractivity contribution is 8.26. The maximum atomic E-state index is 12.8. The van der Waals surface area contributed by atoms with Crippen molar-refractivity contribution in [2.45, 2.75) is 6.61 Å². The van der Waals surface area contributed by atoms with E-state index in [1.165, 1.54) is 6.07 Å². The number of benzene rings is 3. The summed E-state index contributed by atoms with van der Waals surface area (Å²) < 4.78 is 6.04. The second kappa shape index (κ2) is 9.99. The van der Waals surface area contributed by atoms with Gasteiger partial charge in [0.15, 0.2) is 4.32 Å². The molecule has 1 aliphatic rings. The highest BCUT2D eigenvalue weighted by Crippen LogP contribution is 2.32. The average molecular weight is 481 g/mol. The fourth-order valence-corrected chi connectivity index (χ4v) is 4.28. The van der Waals surface area contributed by atoms with Gasteiger partial charge in [0, 0.05) is 10.6 Å². The molecule has 0 unspecified atom stereocenters. The van der Waals surface area contributed by atoms with Gasteiger partial charge in [-0.2, -0.15) is 5.01 Å². The summed E-state index contributed by atoms with van der Waals surface area (Å²) in [7, 11) is 0. The highest BCUT2D eigenvalue weighted by Gasteiger charge is 2.33. The fraction of sp³-hybridized carbons (Fsp3) is 0.0417. The predicted molar refractivity (Wildman–Crippen MR) is 131 cm³/mol. The van der Waals surface area contributed by atoms with Gasteiger partial charge in [-0.15, -0.1) is 0 Å². The number of carbonyl (C=O) groups is 2. The molecule has 0 saturated carbocycles. The van der Waals surface area contributed by atoms with E-state index in [0.717, 1.165) is 33.6 Å². The first-order valence-electron chi connectivity index (χ1n) is 9.61. The molecule has 1 heterocycles. The SMILES string of the molecule is O=C(NN1C(=O)/C(=C/c2ccc(OCc3ccccc3)cc2)SC1=S)c1cccc(Cl)c1. The summed E-state index contributed by atoms with van der Waals surface area (Å²) in [5.74, 6) is -0.128. The molecular formula is C24H17ClN2O3S2. The van der Waals surface area contributed by atoms with Crippen LogP contribution in [0.1, 0.15) is 21.5 Å². The van der Waals surface area contributed by atoms with Gasteiger partial charge in [0.25, 0.3) is 11.8 Å². The third-order valence-corrected chi connectivity index (χ3v) is 6.06. The molecule has 160 valence electrons. The van der Waals surface area contributed by atoms with E-state index in [9.17, 15) is 9.59 Å². The minimum atomic E-state index is -0.468. The van der Waals surface area contributed by atoms with Crippen molar-refractivity contribution in [3.05, 3.63) is 105 Å². The van der Waals surface area contributed by atoms with Gasteiger partial charge in [0.2, 0.25) is 0 Å². The Kier molecular flexibility index (Phi) is 6.90. The van der Waals surface area contributed by atoms with Crippen LogP contribution in [0, 0.1) is 0 Å². The number of thioether (sulfide) groups is 1. The zero-order valence-electron chi connectivity index (χ0n) is 16.7. The third-order valence-electron chi connectivity index (χ3n) is 4.52. The van der Waals surface area contributed by atoms with Crippen LogP contribution in [0.15, 0.2) is 83.8 Å². The zero-order valence-corrected chi connectivity index (χ0v) is 19.0. The summed E-state index contributed by atoms with van der Waals surface area (Å²) in [5, 5.41) is 1.51. The number of halogens is 1. The standard InChI is InChI=1S/C24H17ClN2O3S2/c25-19-8-4-7-18(14-19)22(28)26-27-23(29)21(32-24(27)31)13-16-9-11-20(12-10-16)30-15-17-5-2-1-3-6-17/h1-14H,15H2,(H,26,28)/b21-13-. The number of carbonyl (C=O) groups excluding carboxylic acids is 2. The molecule has 1 fully saturated rings. The Morgan fingerprint density at radius 1 is 1.06 bits per heavy atom. The number of thiocarbonyl (C=S) groups is 1. The summed E-state index contributed by atoms with van der Waals surface area (Å²) in [6.07, 6.45) is 1.73. The molecular weight excluding hydrogens is 464 g/mol. The minimum absolute atomic E-state index is 0.249. The summed E-state index contributed by atoms with van der Waals surface area (Å²) in [4.78, 5) is 25.6. The number of nitrogens with one attached hydrogen (secondary N) is 1. The van der Waals surface area contributed by atoms with Crippen LogP contribution in [0.25, 0.3) is 6.08 Å². The van der Waals surface area contributed by atoms with E-state index in [4.69, 9.17) is 28.6 Å². The van der Waals surface area contributed by atoms with Crippen LogP contribution in [0.2, 0.25) is 5.02 Å². The van der Waals surface area contributed by atoms with Crippen molar-refractivity contribution in [2.24, 2.45) is 0 Å². The zero-order chi connectivity index (χ0) is 22.5. The number of nitrogens with zero attached hydrogens (tertiary/aromatic N) is 1. The number of hydrazine groups is 1. The lowest BCUT2D eigenvalue weighted by Crippen LogP contribution is -2.44. The van der Waals surface area contributed by atoms with E-state index < -0.39 is 5.91 Å². The molecule has 4 rings (SSSR count). The van der Waals surface area contributed by atoms with Gasteiger partial charge in [-0.1, -0.05) is 71.9 Å². The van der Waals surface area contributed by atoms with Crippen LogP contribution in [-0.4, -0.2) is 21.1 Å². The van der Waals surface area contributed by atoms with Gasteiger partial charge in [-0.05, 0) is 59.8 Å². The lowest BCUT2D eigenvalue weighted by atomic mass is 10.2. The molecule has 0 spiro atoms. The summed E-state index contributed by atoms with van der Waals surface area (Å²) in [5.41, 5.74) is 4.78. The Labute approximate surface area is 200 Å². The van der Waals surface area contributed by atoms with Crippen molar-refractivity contribution in [1.29, 1.82) is 0 Å². The predicted octanol–water partition coefficient (Wildman–Crippen LogP) is 5.47. The van der Waals surface area contributed by atoms with E-state index in [1.54, 1.807) is 24.3 Å². The number of rotatable bonds is 6. The second-order valence-electron chi connectivity index (χ2n) is 6.81. The first-order valence-corrected chi connectivity index (χ1v) is 11.2. The Hall–Kier alpha value is -3.13. The van der Waals surface area contributed by atoms with Gasteiger partial charge < -0.3 is 4.74 Å². The largest absolute Gasteiger partial charge is 0.489 e. The summed E-state index contributed by atoms with van der Waals surface area (Å²) in [6, 6.07) is 23.8. The molecule has 1 saturated heterocycles. The molecule has 5 nitrogen and oxygen atoms in total. The Bertz CT molecular complexity index is 1200. The van der Waals surface area contributed by atoms with Crippen LogP contribution in [0.5, 0.6) is 5.75 Å². The van der Waals surface area contributed by atoms with Crippen LogP contribution < -0.4 is 10.2 Å². The van der Waals surface area contributed by atoms with Crippen LogP contribution in [0.4, 0.5) is 0 Å². The molecule has 0 radical (unpaired) electrons. The third kappa shape index (κ3) is 5.37. The monoisotopic (exact) mass is 480 g/mol. The van der Waals surface area contributed by atoms with E-state index in [-0.39, 0.29) is 10.2 Å². The molecule has 32 heavy (non-hydrogen) atoms. The smallest absolute Gasteiger partial charge is 0.285 e. The van der Waals surface area contributed by atoms with Crippen LogP contribution in [0.3, 0.4) is 0 Å². The van der Waals surface area contributed by atoms with Crippen molar-refractivity contribution in [3.63, 3.8) is 0 Å². The Morgan fingerprint density at radius 2 is 1.81 bits per heavy atom. The quantitative estimate of drug-likeness (QED) is 0.374. The Balaban J connectivity index is 1.40. The summed E-state index contributed by atoms with van der Waals surface area (Å²) in [6.45, 7) is 0.477. The van der Waals surface area contributed by atoms with E-state index >= 15 is 0 Å². The maximum Gasteiger partial charge on any atom is 0.285 e. The molecule has 2 amide bonds. The van der Waals surface area contributed by atoms with Crippen molar-refractivity contribution in [2.75, 3.05) is 0 Å². The number of hydrogen-bond acceptors (Lipinski definition) is 5. The highest BCUT2D eigenvalue weighted by atomic mass is 35.5. The molecule has 3 aromatic rings. The molecule has 1 aliphatic heterocycles. The number of hydrogen-bond donors (Lipinski definition) is 1. The lowest BCUT2D eigenvalue weighted by molar-refractivity contribution is -0.123. The topological polar surface area (TPSA) is 58.6 Å².